The van der Waals surface area contributed by atoms with Crippen molar-refractivity contribution < 1.29 is 13.5 Å². The van der Waals surface area contributed by atoms with E-state index in [0.29, 0.717) is 11.5 Å². The van der Waals surface area contributed by atoms with Crippen molar-refractivity contribution in [3.8, 4) is 5.75 Å². The first-order valence-electron chi connectivity index (χ1n) is 3.81. The molecule has 0 spiro atoms. The summed E-state index contributed by atoms with van der Waals surface area (Å²) in [5.41, 5.74) is 0.853. The van der Waals surface area contributed by atoms with Crippen LogP contribution in [0.1, 0.15) is 5.56 Å². The van der Waals surface area contributed by atoms with E-state index < -0.39 is 11.1 Å². The Bertz CT molecular complexity index is 384. The SMILES string of the molecule is O=S(O)c1ccc2c(c1)C=CCO2. The van der Waals surface area contributed by atoms with Gasteiger partial charge in [0.2, 0.25) is 0 Å². The second-order valence-corrected chi connectivity index (χ2v) is 3.63. The molecular formula is C9H8O3S. The first-order chi connectivity index (χ1) is 6.27. The Morgan fingerprint density at radius 2 is 2.31 bits per heavy atom. The van der Waals surface area contributed by atoms with E-state index >= 15 is 0 Å². The molecule has 0 fully saturated rings. The summed E-state index contributed by atoms with van der Waals surface area (Å²) in [6, 6.07) is 4.96. The van der Waals surface area contributed by atoms with E-state index in [4.69, 9.17) is 9.29 Å². The van der Waals surface area contributed by atoms with Gasteiger partial charge < -0.3 is 9.29 Å². The van der Waals surface area contributed by atoms with Gasteiger partial charge in [-0.1, -0.05) is 6.08 Å². The van der Waals surface area contributed by atoms with Gasteiger partial charge in [0.05, 0.1) is 4.90 Å². The van der Waals surface area contributed by atoms with Crippen molar-refractivity contribution in [1.29, 1.82) is 0 Å². The van der Waals surface area contributed by atoms with Crippen molar-refractivity contribution in [1.82, 2.24) is 0 Å². The van der Waals surface area contributed by atoms with Crippen LogP contribution < -0.4 is 4.74 Å². The third kappa shape index (κ3) is 1.64. The van der Waals surface area contributed by atoms with Crippen molar-refractivity contribution in [3.05, 3.63) is 29.8 Å². The molecule has 0 aliphatic carbocycles. The normalized spacial score (nSPS) is 16.1. The van der Waals surface area contributed by atoms with Crippen LogP contribution in [0.3, 0.4) is 0 Å². The highest BCUT2D eigenvalue weighted by Crippen LogP contribution is 2.25. The van der Waals surface area contributed by atoms with Gasteiger partial charge in [-0.25, -0.2) is 4.21 Å². The molecule has 3 nitrogen and oxygen atoms in total. The van der Waals surface area contributed by atoms with E-state index in [2.05, 4.69) is 0 Å². The van der Waals surface area contributed by atoms with Crippen molar-refractivity contribution in [2.24, 2.45) is 0 Å². The summed E-state index contributed by atoms with van der Waals surface area (Å²) in [7, 11) is 0. The number of hydrogen-bond acceptors (Lipinski definition) is 2. The van der Waals surface area contributed by atoms with Crippen molar-refractivity contribution in [2.45, 2.75) is 4.90 Å². The molecule has 0 saturated heterocycles. The van der Waals surface area contributed by atoms with Gasteiger partial charge in [0.1, 0.15) is 12.4 Å². The van der Waals surface area contributed by atoms with Crippen molar-refractivity contribution in [2.75, 3.05) is 6.61 Å². The molecule has 1 aliphatic heterocycles. The molecule has 0 amide bonds. The minimum atomic E-state index is -1.92. The predicted molar refractivity (Wildman–Crippen MR) is 50.0 cm³/mol. The number of hydrogen-bond donors (Lipinski definition) is 1. The van der Waals surface area contributed by atoms with Gasteiger partial charge in [-0.05, 0) is 24.3 Å². The molecule has 1 aromatic carbocycles. The highest BCUT2D eigenvalue weighted by Gasteiger charge is 2.08. The highest BCUT2D eigenvalue weighted by molar-refractivity contribution is 7.79. The lowest BCUT2D eigenvalue weighted by Crippen LogP contribution is -2.01. The van der Waals surface area contributed by atoms with Crippen molar-refractivity contribution >= 4 is 17.2 Å². The smallest absolute Gasteiger partial charge is 0.186 e. The highest BCUT2D eigenvalue weighted by atomic mass is 32.2. The molecule has 4 heteroatoms. The molecule has 0 radical (unpaired) electrons. The lowest BCUT2D eigenvalue weighted by atomic mass is 10.1. The maximum Gasteiger partial charge on any atom is 0.186 e. The quantitative estimate of drug-likeness (QED) is 0.695. The molecule has 13 heavy (non-hydrogen) atoms. The van der Waals surface area contributed by atoms with E-state index in [0.717, 1.165) is 11.3 Å². The topological polar surface area (TPSA) is 46.5 Å². The third-order valence-corrected chi connectivity index (χ3v) is 2.47. The number of rotatable bonds is 1. The second kappa shape index (κ2) is 3.32. The molecule has 1 unspecified atom stereocenters. The fraction of sp³-hybridized carbons (Fsp3) is 0.111. The van der Waals surface area contributed by atoms with E-state index in [1.165, 1.54) is 0 Å². The summed E-state index contributed by atoms with van der Waals surface area (Å²) in [5.74, 6) is 0.761. The van der Waals surface area contributed by atoms with Crippen LogP contribution in [0.25, 0.3) is 6.08 Å². The van der Waals surface area contributed by atoms with E-state index in [9.17, 15) is 4.21 Å². The molecule has 1 aromatic rings. The average molecular weight is 196 g/mol. The Morgan fingerprint density at radius 1 is 1.46 bits per heavy atom. The largest absolute Gasteiger partial charge is 0.489 e. The van der Waals surface area contributed by atoms with E-state index in [1.54, 1.807) is 18.2 Å². The summed E-state index contributed by atoms with van der Waals surface area (Å²) in [6.45, 7) is 0.564. The van der Waals surface area contributed by atoms with Crippen molar-refractivity contribution in [3.63, 3.8) is 0 Å². The van der Waals surface area contributed by atoms with E-state index in [-0.39, 0.29) is 0 Å². The molecular weight excluding hydrogens is 188 g/mol. The molecule has 1 N–H and O–H groups in total. The molecule has 1 atom stereocenters. The van der Waals surface area contributed by atoms with Crippen LogP contribution >= 0.6 is 0 Å². The fourth-order valence-corrected chi connectivity index (χ4v) is 1.62. The maximum atomic E-state index is 10.7. The number of benzene rings is 1. The standard InChI is InChI=1S/C9H8O3S/c10-13(11)8-3-4-9-7(6-8)2-1-5-12-9/h1-4,6H,5H2,(H,10,11). The zero-order valence-electron chi connectivity index (χ0n) is 6.77. The maximum absolute atomic E-state index is 10.7. The van der Waals surface area contributed by atoms with Gasteiger partial charge in [-0.3, -0.25) is 0 Å². The number of fused-ring (bicyclic) bond motifs is 1. The Labute approximate surface area is 78.3 Å². The summed E-state index contributed by atoms with van der Waals surface area (Å²) in [5, 5.41) is 0. The molecule has 0 aromatic heterocycles. The molecule has 1 aliphatic rings. The van der Waals surface area contributed by atoms with Gasteiger partial charge >= 0.3 is 0 Å². The van der Waals surface area contributed by atoms with Gasteiger partial charge in [0, 0.05) is 5.56 Å². The van der Waals surface area contributed by atoms with Crippen LogP contribution in [0.15, 0.2) is 29.2 Å². The minimum absolute atomic E-state index is 0.397. The molecule has 0 bridgehead atoms. The molecule has 0 saturated carbocycles. The van der Waals surface area contributed by atoms with Crippen LogP contribution in [0, 0.1) is 0 Å². The minimum Gasteiger partial charge on any atom is -0.489 e. The zero-order valence-corrected chi connectivity index (χ0v) is 7.58. The second-order valence-electron chi connectivity index (χ2n) is 2.66. The van der Waals surface area contributed by atoms with Gasteiger partial charge in [-0.15, -0.1) is 0 Å². The Balaban J connectivity index is 2.48. The van der Waals surface area contributed by atoms with Gasteiger partial charge in [0.15, 0.2) is 11.1 Å². The molecule has 1 heterocycles. The summed E-state index contributed by atoms with van der Waals surface area (Å²) in [6.07, 6.45) is 3.75. The Kier molecular flexibility index (Phi) is 2.16. The zero-order chi connectivity index (χ0) is 9.26. The summed E-state index contributed by atoms with van der Waals surface area (Å²) < 4.78 is 24.9. The van der Waals surface area contributed by atoms with Crippen LogP contribution in [0.2, 0.25) is 0 Å². The summed E-state index contributed by atoms with van der Waals surface area (Å²) >= 11 is -1.92. The first kappa shape index (κ1) is 8.47. The molecule has 68 valence electrons. The van der Waals surface area contributed by atoms with Gasteiger partial charge in [-0.2, -0.15) is 0 Å². The Morgan fingerprint density at radius 3 is 3.08 bits per heavy atom. The number of ether oxygens (including phenoxy) is 1. The first-order valence-corrected chi connectivity index (χ1v) is 4.92. The Hall–Kier alpha value is -1.13. The van der Waals surface area contributed by atoms with Crippen LogP contribution in [-0.2, 0) is 11.1 Å². The van der Waals surface area contributed by atoms with E-state index in [1.807, 2.05) is 12.2 Å². The van der Waals surface area contributed by atoms with Crippen LogP contribution in [0.5, 0.6) is 5.75 Å². The van der Waals surface area contributed by atoms with Crippen LogP contribution in [0.4, 0.5) is 0 Å². The monoisotopic (exact) mass is 196 g/mol. The van der Waals surface area contributed by atoms with Gasteiger partial charge in [0.25, 0.3) is 0 Å². The van der Waals surface area contributed by atoms with Crippen LogP contribution in [-0.4, -0.2) is 15.4 Å². The lowest BCUT2D eigenvalue weighted by Gasteiger charge is -2.12. The lowest BCUT2D eigenvalue weighted by molar-refractivity contribution is 0.358. The fourth-order valence-electron chi connectivity index (χ4n) is 1.21. The molecule has 2 rings (SSSR count). The third-order valence-electron chi connectivity index (χ3n) is 1.82. The summed E-state index contributed by atoms with van der Waals surface area (Å²) in [4.78, 5) is 0.397. The average Bonchev–Trinajstić information content (AvgIpc) is 2.17. The predicted octanol–water partition coefficient (Wildman–Crippen LogP) is 1.67.